The lowest BCUT2D eigenvalue weighted by Crippen LogP contribution is -2.03. The topological polar surface area (TPSA) is 69.6 Å². The zero-order valence-corrected chi connectivity index (χ0v) is 17.4. The Morgan fingerprint density at radius 3 is 2.48 bits per heavy atom. The predicted octanol–water partition coefficient (Wildman–Crippen LogP) is 4.29. The SMILES string of the molecule is Cc1c(C)n(Cc2ccccc2)c2ncn3nc(CO/N=C\c4ccccc4)nc3c12. The van der Waals surface area contributed by atoms with E-state index in [9.17, 15) is 0 Å². The number of fused-ring (bicyclic) bond motifs is 3. The Balaban J connectivity index is 1.44. The van der Waals surface area contributed by atoms with E-state index in [1.807, 2.05) is 36.4 Å². The van der Waals surface area contributed by atoms with E-state index in [2.05, 4.69) is 57.9 Å². The Bertz CT molecular complexity index is 1370. The maximum absolute atomic E-state index is 5.41. The molecule has 7 heteroatoms. The zero-order valence-electron chi connectivity index (χ0n) is 17.4. The van der Waals surface area contributed by atoms with Gasteiger partial charge in [0.15, 0.2) is 18.1 Å². The predicted molar refractivity (Wildman–Crippen MR) is 120 cm³/mol. The summed E-state index contributed by atoms with van der Waals surface area (Å²) in [4.78, 5) is 14.8. The molecule has 0 amide bonds. The Hall–Kier alpha value is -4.00. The highest BCUT2D eigenvalue weighted by atomic mass is 16.6. The Morgan fingerprint density at radius 1 is 0.968 bits per heavy atom. The van der Waals surface area contributed by atoms with Gasteiger partial charge in [-0.3, -0.25) is 0 Å². The van der Waals surface area contributed by atoms with Crippen LogP contribution in [0.25, 0.3) is 16.7 Å². The standard InChI is InChI=1S/C24H22N6O/c1-17-18(2)29(14-20-11-7-4-8-12-20)23-22(17)24-27-21(28-30(24)16-25-23)15-31-26-13-19-9-5-3-6-10-19/h3-13,16H,14-15H2,1-2H3/b26-13-. The van der Waals surface area contributed by atoms with Crippen LogP contribution in [0, 0.1) is 13.8 Å². The molecule has 0 aliphatic carbocycles. The smallest absolute Gasteiger partial charge is 0.192 e. The maximum Gasteiger partial charge on any atom is 0.192 e. The number of oxime groups is 1. The summed E-state index contributed by atoms with van der Waals surface area (Å²) in [5.74, 6) is 0.562. The Morgan fingerprint density at radius 2 is 1.71 bits per heavy atom. The fourth-order valence-corrected chi connectivity index (χ4v) is 3.73. The summed E-state index contributed by atoms with van der Waals surface area (Å²) < 4.78 is 3.94. The highest BCUT2D eigenvalue weighted by Gasteiger charge is 2.18. The molecule has 5 aromatic rings. The van der Waals surface area contributed by atoms with Crippen LogP contribution in [0.5, 0.6) is 0 Å². The molecule has 154 valence electrons. The van der Waals surface area contributed by atoms with E-state index in [-0.39, 0.29) is 6.61 Å². The monoisotopic (exact) mass is 410 g/mol. The van der Waals surface area contributed by atoms with E-state index in [0.717, 1.165) is 34.4 Å². The molecule has 0 saturated carbocycles. The average Bonchev–Trinajstić information content (AvgIpc) is 3.32. The van der Waals surface area contributed by atoms with Crippen LogP contribution in [0.3, 0.4) is 0 Å². The van der Waals surface area contributed by atoms with Crippen LogP contribution < -0.4 is 0 Å². The third kappa shape index (κ3) is 3.66. The highest BCUT2D eigenvalue weighted by Crippen LogP contribution is 2.27. The summed E-state index contributed by atoms with van der Waals surface area (Å²) in [7, 11) is 0. The van der Waals surface area contributed by atoms with Gasteiger partial charge in [0.05, 0.1) is 11.6 Å². The van der Waals surface area contributed by atoms with Crippen molar-refractivity contribution in [3.63, 3.8) is 0 Å². The summed E-state index contributed by atoms with van der Waals surface area (Å²) >= 11 is 0. The van der Waals surface area contributed by atoms with Crippen molar-refractivity contribution in [2.45, 2.75) is 27.0 Å². The van der Waals surface area contributed by atoms with E-state index < -0.39 is 0 Å². The van der Waals surface area contributed by atoms with E-state index in [0.29, 0.717) is 5.82 Å². The summed E-state index contributed by atoms with van der Waals surface area (Å²) in [6.07, 6.45) is 3.38. The van der Waals surface area contributed by atoms with Crippen LogP contribution in [0.1, 0.15) is 28.2 Å². The van der Waals surface area contributed by atoms with E-state index in [1.165, 1.54) is 11.3 Å². The minimum absolute atomic E-state index is 0.190. The largest absolute Gasteiger partial charge is 0.387 e. The van der Waals surface area contributed by atoms with Crippen LogP contribution in [0.2, 0.25) is 0 Å². The average molecular weight is 410 g/mol. The molecule has 0 bridgehead atoms. The minimum Gasteiger partial charge on any atom is -0.387 e. The van der Waals surface area contributed by atoms with Crippen LogP contribution in [0.4, 0.5) is 0 Å². The maximum atomic E-state index is 5.41. The van der Waals surface area contributed by atoms with Gasteiger partial charge in [-0.2, -0.15) is 0 Å². The lowest BCUT2D eigenvalue weighted by Gasteiger charge is -2.07. The second-order valence-electron chi connectivity index (χ2n) is 7.44. The molecule has 0 unspecified atom stereocenters. The van der Waals surface area contributed by atoms with Crippen LogP contribution in [-0.2, 0) is 18.0 Å². The Labute approximate surface area is 179 Å². The molecule has 0 N–H and O–H groups in total. The van der Waals surface area contributed by atoms with Crippen LogP contribution in [0.15, 0.2) is 72.1 Å². The molecule has 3 heterocycles. The Kier molecular flexibility index (Phi) is 4.92. The van der Waals surface area contributed by atoms with Gasteiger partial charge < -0.3 is 9.40 Å². The number of nitrogens with zero attached hydrogens (tertiary/aromatic N) is 6. The van der Waals surface area contributed by atoms with Crippen molar-refractivity contribution in [3.05, 3.63) is 95.2 Å². The first kappa shape index (κ1) is 19.0. The molecule has 0 radical (unpaired) electrons. The number of hydrogen-bond donors (Lipinski definition) is 0. The molecule has 0 spiro atoms. The van der Waals surface area contributed by atoms with E-state index in [4.69, 9.17) is 9.82 Å². The highest BCUT2D eigenvalue weighted by molar-refractivity contribution is 5.93. The van der Waals surface area contributed by atoms with Crippen molar-refractivity contribution in [1.29, 1.82) is 0 Å². The lowest BCUT2D eigenvalue weighted by molar-refractivity contribution is 0.126. The van der Waals surface area contributed by atoms with Crippen molar-refractivity contribution >= 4 is 22.9 Å². The van der Waals surface area contributed by atoms with Gasteiger partial charge in [-0.05, 0) is 30.5 Å². The van der Waals surface area contributed by atoms with Gasteiger partial charge in [0.2, 0.25) is 0 Å². The lowest BCUT2D eigenvalue weighted by atomic mass is 10.2. The van der Waals surface area contributed by atoms with Gasteiger partial charge in [-0.15, -0.1) is 5.10 Å². The first-order valence-electron chi connectivity index (χ1n) is 10.1. The molecule has 0 saturated heterocycles. The van der Waals surface area contributed by atoms with Gasteiger partial charge in [-0.25, -0.2) is 14.5 Å². The molecule has 0 fully saturated rings. The van der Waals surface area contributed by atoms with E-state index in [1.54, 1.807) is 17.1 Å². The summed E-state index contributed by atoms with van der Waals surface area (Å²) in [5.41, 5.74) is 6.23. The van der Waals surface area contributed by atoms with Crippen molar-refractivity contribution in [1.82, 2.24) is 24.1 Å². The number of aryl methyl sites for hydroxylation is 1. The summed E-state index contributed by atoms with van der Waals surface area (Å²) in [5, 5.41) is 9.54. The first-order chi connectivity index (χ1) is 15.2. The first-order valence-corrected chi connectivity index (χ1v) is 10.1. The number of benzene rings is 2. The molecule has 5 rings (SSSR count). The van der Waals surface area contributed by atoms with Gasteiger partial charge >= 0.3 is 0 Å². The van der Waals surface area contributed by atoms with Gasteiger partial charge in [0.1, 0.15) is 12.0 Å². The second-order valence-corrected chi connectivity index (χ2v) is 7.44. The van der Waals surface area contributed by atoms with Crippen molar-refractivity contribution < 1.29 is 4.84 Å². The molecule has 7 nitrogen and oxygen atoms in total. The summed E-state index contributed by atoms with van der Waals surface area (Å²) in [6.45, 7) is 5.18. The van der Waals surface area contributed by atoms with Crippen LogP contribution in [-0.4, -0.2) is 30.4 Å². The third-order valence-corrected chi connectivity index (χ3v) is 5.44. The normalized spacial score (nSPS) is 11.7. The molecule has 0 atom stereocenters. The number of hydrogen-bond acceptors (Lipinski definition) is 5. The van der Waals surface area contributed by atoms with Crippen molar-refractivity contribution in [2.75, 3.05) is 0 Å². The molecule has 31 heavy (non-hydrogen) atoms. The molecule has 2 aromatic carbocycles. The van der Waals surface area contributed by atoms with Crippen molar-refractivity contribution in [2.24, 2.45) is 5.16 Å². The quantitative estimate of drug-likeness (QED) is 0.309. The molecule has 0 aliphatic rings. The summed E-state index contributed by atoms with van der Waals surface area (Å²) in [6, 6.07) is 20.2. The fraction of sp³-hybridized carbons (Fsp3) is 0.167. The third-order valence-electron chi connectivity index (χ3n) is 5.44. The zero-order chi connectivity index (χ0) is 21.2. The molecular formula is C24H22N6O. The van der Waals surface area contributed by atoms with Gasteiger partial charge in [-0.1, -0.05) is 65.8 Å². The molecule has 0 aliphatic heterocycles. The molecule has 3 aromatic heterocycles. The van der Waals surface area contributed by atoms with Crippen molar-refractivity contribution in [3.8, 4) is 0 Å². The van der Waals surface area contributed by atoms with E-state index >= 15 is 0 Å². The second kappa shape index (κ2) is 8.02. The molecular weight excluding hydrogens is 388 g/mol. The fourth-order valence-electron chi connectivity index (χ4n) is 3.73. The van der Waals surface area contributed by atoms with Gasteiger partial charge in [0, 0.05) is 12.2 Å². The number of rotatable bonds is 6. The van der Waals surface area contributed by atoms with Crippen LogP contribution >= 0.6 is 0 Å². The van der Waals surface area contributed by atoms with Gasteiger partial charge in [0.25, 0.3) is 0 Å². The minimum atomic E-state index is 0.190. The number of aromatic nitrogens is 5.